The predicted molar refractivity (Wildman–Crippen MR) is 102 cm³/mol. The first-order valence-corrected chi connectivity index (χ1v) is 11.3. The average Bonchev–Trinajstić information content (AvgIpc) is 2.93. The van der Waals surface area contributed by atoms with Gasteiger partial charge in [0.05, 0.1) is 7.11 Å². The quantitative estimate of drug-likeness (QED) is 0.490. The molecule has 25 heavy (non-hydrogen) atoms. The fourth-order valence-corrected chi connectivity index (χ4v) is 6.33. The van der Waals surface area contributed by atoms with Crippen LogP contribution in [0, 0.1) is 5.92 Å². The zero-order valence-electron chi connectivity index (χ0n) is 12.7. The van der Waals surface area contributed by atoms with Crippen LogP contribution in [0.15, 0.2) is 27.4 Å². The van der Waals surface area contributed by atoms with E-state index in [-0.39, 0.29) is 26.7 Å². The third-order valence-corrected chi connectivity index (χ3v) is 8.19. The van der Waals surface area contributed by atoms with Crippen LogP contribution in [0.4, 0.5) is 5.13 Å². The SMILES string of the molecule is COc1ccc(Cl)cc1S(=O)(=O)Nc1nnc(SCC2CC2(Cl)Cl)s1. The fraction of sp³-hybridized carbons (Fsp3) is 0.385. The van der Waals surface area contributed by atoms with Gasteiger partial charge in [-0.05, 0) is 24.6 Å². The molecule has 1 aromatic heterocycles. The van der Waals surface area contributed by atoms with E-state index in [2.05, 4.69) is 14.9 Å². The normalized spacial score (nSPS) is 18.8. The Morgan fingerprint density at radius 3 is 2.80 bits per heavy atom. The summed E-state index contributed by atoms with van der Waals surface area (Å²) in [5.74, 6) is 1.10. The second kappa shape index (κ2) is 7.28. The highest BCUT2D eigenvalue weighted by atomic mass is 35.5. The first-order chi connectivity index (χ1) is 11.7. The topological polar surface area (TPSA) is 81.2 Å². The van der Waals surface area contributed by atoms with Crippen molar-refractivity contribution in [1.82, 2.24) is 10.2 Å². The average molecular weight is 461 g/mol. The number of methoxy groups -OCH3 is 1. The number of sulfonamides is 1. The number of thioether (sulfide) groups is 1. The largest absolute Gasteiger partial charge is 0.495 e. The van der Waals surface area contributed by atoms with Crippen LogP contribution in [0.3, 0.4) is 0 Å². The highest BCUT2D eigenvalue weighted by molar-refractivity contribution is 8.01. The first-order valence-electron chi connectivity index (χ1n) is 6.92. The van der Waals surface area contributed by atoms with E-state index in [1.807, 2.05) is 0 Å². The second-order valence-electron chi connectivity index (χ2n) is 5.25. The minimum absolute atomic E-state index is 0.0704. The number of halogens is 3. The number of hydrogen-bond donors (Lipinski definition) is 1. The molecule has 0 radical (unpaired) electrons. The van der Waals surface area contributed by atoms with Crippen LogP contribution in [0.25, 0.3) is 0 Å². The Morgan fingerprint density at radius 2 is 2.16 bits per heavy atom. The lowest BCUT2D eigenvalue weighted by molar-refractivity contribution is 0.403. The Hall–Kier alpha value is -0.450. The van der Waals surface area contributed by atoms with Crippen molar-refractivity contribution in [2.24, 2.45) is 5.92 Å². The Morgan fingerprint density at radius 1 is 1.44 bits per heavy atom. The Kier molecular flexibility index (Phi) is 5.63. The fourth-order valence-electron chi connectivity index (χ4n) is 1.96. The van der Waals surface area contributed by atoms with Gasteiger partial charge < -0.3 is 4.74 Å². The third-order valence-electron chi connectivity index (χ3n) is 3.41. The van der Waals surface area contributed by atoms with Crippen LogP contribution in [0.5, 0.6) is 5.75 Å². The first kappa shape index (κ1) is 19.3. The lowest BCUT2D eigenvalue weighted by Gasteiger charge is -2.09. The third kappa shape index (κ3) is 4.64. The van der Waals surface area contributed by atoms with Crippen LogP contribution >= 0.6 is 57.9 Å². The number of ether oxygens (including phenoxy) is 1. The molecule has 0 spiro atoms. The molecule has 1 atom stereocenters. The maximum absolute atomic E-state index is 12.6. The minimum atomic E-state index is -3.91. The molecule has 0 saturated heterocycles. The van der Waals surface area contributed by atoms with E-state index < -0.39 is 14.4 Å². The lowest BCUT2D eigenvalue weighted by atomic mass is 10.3. The van der Waals surface area contributed by atoms with Gasteiger partial charge in [-0.1, -0.05) is 34.7 Å². The highest BCUT2D eigenvalue weighted by Crippen LogP contribution is 2.55. The van der Waals surface area contributed by atoms with Crippen molar-refractivity contribution < 1.29 is 13.2 Å². The van der Waals surface area contributed by atoms with E-state index in [9.17, 15) is 8.42 Å². The van der Waals surface area contributed by atoms with E-state index >= 15 is 0 Å². The zero-order chi connectivity index (χ0) is 18.2. The number of alkyl halides is 2. The van der Waals surface area contributed by atoms with Crippen molar-refractivity contribution in [3.05, 3.63) is 23.2 Å². The van der Waals surface area contributed by atoms with Gasteiger partial charge in [-0.2, -0.15) is 0 Å². The number of hydrogen-bond acceptors (Lipinski definition) is 7. The molecule has 1 aromatic carbocycles. The molecule has 136 valence electrons. The summed E-state index contributed by atoms with van der Waals surface area (Å²) >= 11 is 20.4. The Labute approximate surface area is 168 Å². The van der Waals surface area contributed by atoms with Crippen LogP contribution < -0.4 is 9.46 Å². The molecule has 1 saturated carbocycles. The van der Waals surface area contributed by atoms with Gasteiger partial charge in [0.1, 0.15) is 15.0 Å². The summed E-state index contributed by atoms with van der Waals surface area (Å²) in [6, 6.07) is 4.34. The molecule has 2 aromatic rings. The summed E-state index contributed by atoms with van der Waals surface area (Å²) in [5, 5.41) is 8.26. The number of rotatable bonds is 7. The summed E-state index contributed by atoms with van der Waals surface area (Å²) in [7, 11) is -2.52. The molecular weight excluding hydrogens is 449 g/mol. The van der Waals surface area contributed by atoms with E-state index in [0.29, 0.717) is 10.1 Å². The van der Waals surface area contributed by atoms with E-state index in [1.165, 1.54) is 31.0 Å². The molecule has 1 unspecified atom stereocenters. The summed E-state index contributed by atoms with van der Waals surface area (Å²) in [6.07, 6.45) is 0.746. The van der Waals surface area contributed by atoms with Gasteiger partial charge in [0.25, 0.3) is 10.0 Å². The van der Waals surface area contributed by atoms with Gasteiger partial charge in [-0.15, -0.1) is 33.4 Å². The molecule has 1 heterocycles. The summed E-state index contributed by atoms with van der Waals surface area (Å²) in [4.78, 5) is -0.0704. The van der Waals surface area contributed by atoms with Crippen molar-refractivity contribution in [2.45, 2.75) is 20.0 Å². The molecule has 1 aliphatic rings. The highest BCUT2D eigenvalue weighted by Gasteiger charge is 2.51. The molecule has 0 aliphatic heterocycles. The molecule has 6 nitrogen and oxygen atoms in total. The van der Waals surface area contributed by atoms with Crippen molar-refractivity contribution >= 4 is 73.1 Å². The molecule has 12 heteroatoms. The van der Waals surface area contributed by atoms with Crippen LogP contribution in [0.2, 0.25) is 5.02 Å². The lowest BCUT2D eigenvalue weighted by Crippen LogP contribution is -2.14. The number of nitrogens with zero attached hydrogens (tertiary/aromatic N) is 2. The maximum Gasteiger partial charge on any atom is 0.267 e. The van der Waals surface area contributed by atoms with Crippen LogP contribution in [-0.2, 0) is 10.0 Å². The standard InChI is InChI=1S/C13H12Cl3N3O3S3/c1-22-9-3-2-8(14)4-10(9)25(20,21)19-11-17-18-12(24-11)23-6-7-5-13(7,15)16/h2-4,7H,5-6H2,1H3,(H,17,19). The Balaban J connectivity index is 1.70. The van der Waals surface area contributed by atoms with Gasteiger partial charge in [0.2, 0.25) is 5.13 Å². The van der Waals surface area contributed by atoms with E-state index in [1.54, 1.807) is 6.07 Å². The van der Waals surface area contributed by atoms with Crippen LogP contribution in [0.1, 0.15) is 6.42 Å². The molecule has 3 rings (SSSR count). The van der Waals surface area contributed by atoms with Gasteiger partial charge >= 0.3 is 0 Å². The van der Waals surface area contributed by atoms with Gasteiger partial charge in [0.15, 0.2) is 4.34 Å². The summed E-state index contributed by atoms with van der Waals surface area (Å²) < 4.78 is 32.6. The van der Waals surface area contributed by atoms with Gasteiger partial charge in [0, 0.05) is 16.7 Å². The van der Waals surface area contributed by atoms with Crippen molar-refractivity contribution in [3.8, 4) is 5.75 Å². The summed E-state index contributed by atoms with van der Waals surface area (Å²) in [5.41, 5.74) is 0. The molecule has 0 amide bonds. The van der Waals surface area contributed by atoms with Crippen molar-refractivity contribution in [3.63, 3.8) is 0 Å². The zero-order valence-corrected chi connectivity index (χ0v) is 17.4. The van der Waals surface area contributed by atoms with Crippen molar-refractivity contribution in [2.75, 3.05) is 17.6 Å². The minimum Gasteiger partial charge on any atom is -0.495 e. The summed E-state index contributed by atoms with van der Waals surface area (Å²) in [6.45, 7) is 0. The predicted octanol–water partition coefficient (Wildman–Crippen LogP) is 4.29. The monoisotopic (exact) mass is 459 g/mol. The Bertz CT molecular complexity index is 889. The second-order valence-corrected chi connectivity index (χ2v) is 11.1. The smallest absolute Gasteiger partial charge is 0.267 e. The molecule has 1 fully saturated rings. The van der Waals surface area contributed by atoms with Gasteiger partial charge in [-0.25, -0.2) is 8.42 Å². The number of aromatic nitrogens is 2. The van der Waals surface area contributed by atoms with E-state index in [4.69, 9.17) is 39.5 Å². The molecule has 1 N–H and O–H groups in total. The maximum atomic E-state index is 12.6. The van der Waals surface area contributed by atoms with Crippen LogP contribution in [-0.4, -0.2) is 35.8 Å². The number of benzene rings is 1. The number of nitrogens with one attached hydrogen (secondary N) is 1. The van der Waals surface area contributed by atoms with Gasteiger partial charge in [-0.3, -0.25) is 4.72 Å². The molecule has 1 aliphatic carbocycles. The van der Waals surface area contributed by atoms with Crippen molar-refractivity contribution in [1.29, 1.82) is 0 Å². The molecular formula is C13H12Cl3N3O3S3. The molecule has 0 bridgehead atoms. The van der Waals surface area contributed by atoms with E-state index in [0.717, 1.165) is 17.8 Å². The number of anilines is 1.